The highest BCUT2D eigenvalue weighted by atomic mass is 16.5. The number of hydrogen-bond donors (Lipinski definition) is 0. The summed E-state index contributed by atoms with van der Waals surface area (Å²) < 4.78 is 17.7. The molecule has 0 radical (unpaired) electrons. The lowest BCUT2D eigenvalue weighted by atomic mass is 9.95. The van der Waals surface area contributed by atoms with Crippen molar-refractivity contribution in [3.05, 3.63) is 29.8 Å². The van der Waals surface area contributed by atoms with Gasteiger partial charge in [0.15, 0.2) is 0 Å². The molecule has 1 saturated carbocycles. The molecule has 3 nitrogen and oxygen atoms in total. The molecule has 3 heteroatoms. The molecule has 0 spiro atoms. The number of hydrogen-bond acceptors (Lipinski definition) is 3. The fraction of sp³-hybridized carbons (Fsp3) is 0.739. The monoisotopic (exact) mass is 362 g/mol. The summed E-state index contributed by atoms with van der Waals surface area (Å²) in [5, 5.41) is 0. The van der Waals surface area contributed by atoms with Crippen molar-refractivity contribution in [2.45, 2.75) is 90.3 Å². The molecule has 0 heterocycles. The van der Waals surface area contributed by atoms with Gasteiger partial charge in [-0.2, -0.15) is 0 Å². The molecule has 1 aromatic rings. The van der Waals surface area contributed by atoms with Crippen molar-refractivity contribution in [3.63, 3.8) is 0 Å². The van der Waals surface area contributed by atoms with Crippen molar-refractivity contribution in [3.8, 4) is 5.75 Å². The highest BCUT2D eigenvalue weighted by Gasteiger charge is 2.21. The fourth-order valence-electron chi connectivity index (χ4n) is 3.39. The van der Waals surface area contributed by atoms with Gasteiger partial charge >= 0.3 is 0 Å². The summed E-state index contributed by atoms with van der Waals surface area (Å²) in [4.78, 5) is 0. The first-order valence-electron chi connectivity index (χ1n) is 10.7. The Morgan fingerprint density at radius 3 is 1.85 bits per heavy atom. The Balaban J connectivity index is 1.39. The number of unbranched alkanes of at least 4 members (excludes halogenated alkanes) is 4. The van der Waals surface area contributed by atoms with Crippen LogP contribution in [0.3, 0.4) is 0 Å². The van der Waals surface area contributed by atoms with Gasteiger partial charge in [-0.1, -0.05) is 37.5 Å². The Labute approximate surface area is 160 Å². The quantitative estimate of drug-likeness (QED) is 0.398. The first kappa shape index (κ1) is 21.2. The van der Waals surface area contributed by atoms with E-state index in [0.29, 0.717) is 12.2 Å². The van der Waals surface area contributed by atoms with E-state index in [1.54, 1.807) is 0 Å². The summed E-state index contributed by atoms with van der Waals surface area (Å²) >= 11 is 0. The normalized spacial score (nSPS) is 20.2. The third kappa shape index (κ3) is 9.05. The van der Waals surface area contributed by atoms with Crippen molar-refractivity contribution in [1.29, 1.82) is 0 Å². The lowest BCUT2D eigenvalue weighted by molar-refractivity contribution is -0.0325. The molecule has 0 atom stereocenters. The molecule has 0 unspecified atom stereocenters. The predicted octanol–water partition coefficient (Wildman–Crippen LogP) is 6.08. The number of rotatable bonds is 13. The van der Waals surface area contributed by atoms with Crippen LogP contribution in [0.15, 0.2) is 24.3 Å². The third-order valence-electron chi connectivity index (χ3n) is 5.15. The maximum atomic E-state index is 6.06. The second-order valence-corrected chi connectivity index (χ2v) is 7.57. The summed E-state index contributed by atoms with van der Waals surface area (Å²) in [7, 11) is 0. The maximum absolute atomic E-state index is 6.06. The van der Waals surface area contributed by atoms with Crippen LogP contribution in [0.25, 0.3) is 0 Å². The molecule has 0 amide bonds. The van der Waals surface area contributed by atoms with Gasteiger partial charge in [0.25, 0.3) is 0 Å². The van der Waals surface area contributed by atoms with Crippen LogP contribution in [0.5, 0.6) is 5.75 Å². The maximum Gasteiger partial charge on any atom is 0.119 e. The molecule has 1 aliphatic rings. The van der Waals surface area contributed by atoms with E-state index >= 15 is 0 Å². The highest BCUT2D eigenvalue weighted by molar-refractivity contribution is 5.26. The van der Waals surface area contributed by atoms with Crippen LogP contribution in [0, 0.1) is 6.92 Å². The number of ether oxygens (including phenoxy) is 3. The fourth-order valence-corrected chi connectivity index (χ4v) is 3.39. The van der Waals surface area contributed by atoms with E-state index in [2.05, 4.69) is 26.0 Å². The summed E-state index contributed by atoms with van der Waals surface area (Å²) in [6.45, 7) is 6.96. The molecular weight excluding hydrogens is 324 g/mol. The van der Waals surface area contributed by atoms with Gasteiger partial charge in [0.2, 0.25) is 0 Å². The summed E-state index contributed by atoms with van der Waals surface area (Å²) in [6.07, 6.45) is 12.8. The molecule has 1 fully saturated rings. The van der Waals surface area contributed by atoms with E-state index in [4.69, 9.17) is 14.2 Å². The Morgan fingerprint density at radius 1 is 0.731 bits per heavy atom. The summed E-state index contributed by atoms with van der Waals surface area (Å²) in [6, 6.07) is 8.29. The Kier molecular flexibility index (Phi) is 10.8. The van der Waals surface area contributed by atoms with Gasteiger partial charge in [-0.25, -0.2) is 0 Å². The first-order chi connectivity index (χ1) is 12.8. The van der Waals surface area contributed by atoms with Gasteiger partial charge < -0.3 is 14.2 Å². The van der Waals surface area contributed by atoms with Gasteiger partial charge in [-0.3, -0.25) is 0 Å². The largest absolute Gasteiger partial charge is 0.494 e. The molecule has 0 aliphatic heterocycles. The zero-order valence-electron chi connectivity index (χ0n) is 16.9. The lowest BCUT2D eigenvalue weighted by Gasteiger charge is -2.28. The molecule has 148 valence electrons. The molecule has 1 aromatic carbocycles. The van der Waals surface area contributed by atoms with Crippen molar-refractivity contribution in [1.82, 2.24) is 0 Å². The molecule has 0 aromatic heterocycles. The molecule has 0 saturated heterocycles. The Bertz CT molecular complexity index is 449. The molecule has 1 aliphatic carbocycles. The smallest absolute Gasteiger partial charge is 0.119 e. The zero-order valence-corrected chi connectivity index (χ0v) is 16.9. The van der Waals surface area contributed by atoms with E-state index in [-0.39, 0.29) is 0 Å². The van der Waals surface area contributed by atoms with Gasteiger partial charge in [0, 0.05) is 13.2 Å². The lowest BCUT2D eigenvalue weighted by Crippen LogP contribution is -2.27. The van der Waals surface area contributed by atoms with Gasteiger partial charge in [-0.05, 0) is 70.4 Å². The molecule has 2 rings (SSSR count). The minimum atomic E-state index is 0.464. The second-order valence-electron chi connectivity index (χ2n) is 7.57. The van der Waals surface area contributed by atoms with Crippen molar-refractivity contribution >= 4 is 0 Å². The van der Waals surface area contributed by atoms with Crippen molar-refractivity contribution in [2.75, 3.05) is 19.8 Å². The molecule has 0 N–H and O–H groups in total. The second kappa shape index (κ2) is 13.2. The van der Waals surface area contributed by atoms with E-state index in [1.807, 2.05) is 12.1 Å². The minimum Gasteiger partial charge on any atom is -0.494 e. The van der Waals surface area contributed by atoms with Crippen LogP contribution in [0.1, 0.15) is 76.7 Å². The van der Waals surface area contributed by atoms with Gasteiger partial charge in [0.05, 0.1) is 18.8 Å². The highest BCUT2D eigenvalue weighted by Crippen LogP contribution is 2.24. The summed E-state index contributed by atoms with van der Waals surface area (Å²) in [5.74, 6) is 0.980. The molecular formula is C23H38O3. The molecule has 0 bridgehead atoms. The van der Waals surface area contributed by atoms with Crippen LogP contribution in [0.4, 0.5) is 0 Å². The first-order valence-corrected chi connectivity index (χ1v) is 10.7. The zero-order chi connectivity index (χ0) is 18.5. The number of aryl methyl sites for hydroxylation is 1. The van der Waals surface area contributed by atoms with Crippen molar-refractivity contribution in [2.24, 2.45) is 0 Å². The van der Waals surface area contributed by atoms with E-state index in [9.17, 15) is 0 Å². The van der Waals surface area contributed by atoms with E-state index in [1.165, 1.54) is 56.9 Å². The number of benzene rings is 1. The third-order valence-corrected chi connectivity index (χ3v) is 5.15. The Hall–Kier alpha value is -1.06. The van der Waals surface area contributed by atoms with Crippen LogP contribution in [-0.2, 0) is 9.47 Å². The van der Waals surface area contributed by atoms with E-state index in [0.717, 1.165) is 38.4 Å². The minimum absolute atomic E-state index is 0.464. The topological polar surface area (TPSA) is 27.7 Å². The van der Waals surface area contributed by atoms with Gasteiger partial charge in [0.1, 0.15) is 5.75 Å². The van der Waals surface area contributed by atoms with Crippen LogP contribution in [-0.4, -0.2) is 32.0 Å². The Morgan fingerprint density at radius 2 is 1.27 bits per heavy atom. The van der Waals surface area contributed by atoms with Crippen LogP contribution < -0.4 is 4.74 Å². The van der Waals surface area contributed by atoms with Crippen LogP contribution in [0.2, 0.25) is 0 Å². The SMILES string of the molecule is CCCCOC1CCC(OCCCCCCOc2ccc(C)cc2)CC1. The molecule has 26 heavy (non-hydrogen) atoms. The standard InChI is InChI=1S/C23H38O3/c1-3-4-17-24-22-13-15-23(16-14-22)26-19-8-6-5-7-18-25-21-11-9-20(2)10-12-21/h9-12,22-23H,3-8,13-19H2,1-2H3. The van der Waals surface area contributed by atoms with Crippen LogP contribution >= 0.6 is 0 Å². The van der Waals surface area contributed by atoms with E-state index < -0.39 is 0 Å². The van der Waals surface area contributed by atoms with Crippen molar-refractivity contribution < 1.29 is 14.2 Å². The average Bonchev–Trinajstić information content (AvgIpc) is 2.67. The summed E-state index contributed by atoms with van der Waals surface area (Å²) in [5.41, 5.74) is 1.27. The predicted molar refractivity (Wildman–Crippen MR) is 108 cm³/mol. The van der Waals surface area contributed by atoms with Gasteiger partial charge in [-0.15, -0.1) is 0 Å². The average molecular weight is 363 g/mol.